The van der Waals surface area contributed by atoms with Crippen LogP contribution in [0.1, 0.15) is 25.3 Å². The van der Waals surface area contributed by atoms with Crippen LogP contribution in [0.25, 0.3) is 0 Å². The van der Waals surface area contributed by atoms with E-state index in [0.717, 1.165) is 31.6 Å². The van der Waals surface area contributed by atoms with Crippen molar-refractivity contribution in [2.24, 2.45) is 11.5 Å². The van der Waals surface area contributed by atoms with Crippen LogP contribution in [0, 0.1) is 17.1 Å². The normalized spacial score (nSPS) is 15.0. The monoisotopic (exact) mass is 278 g/mol. The maximum absolute atomic E-state index is 12.9. The molecule has 0 aromatic heterocycles. The first-order valence-electron chi connectivity index (χ1n) is 6.45. The van der Waals surface area contributed by atoms with E-state index in [1.165, 1.54) is 12.1 Å². The highest BCUT2D eigenvalue weighted by Gasteiger charge is 2.15. The van der Waals surface area contributed by atoms with Crippen LogP contribution < -0.4 is 16.4 Å². The lowest BCUT2D eigenvalue weighted by atomic mass is 10.2. The van der Waals surface area contributed by atoms with Gasteiger partial charge in [0.25, 0.3) is 0 Å². The van der Waals surface area contributed by atoms with Gasteiger partial charge in [0.2, 0.25) is 5.91 Å². The van der Waals surface area contributed by atoms with E-state index in [1.807, 2.05) is 6.07 Å². The van der Waals surface area contributed by atoms with Gasteiger partial charge in [0.1, 0.15) is 11.9 Å². The predicted octanol–water partition coefficient (Wildman–Crippen LogP) is 1.12. The van der Waals surface area contributed by atoms with Crippen LogP contribution in [0.5, 0.6) is 0 Å². The highest BCUT2D eigenvalue weighted by molar-refractivity contribution is 5.78. The minimum atomic E-state index is -0.509. The summed E-state index contributed by atoms with van der Waals surface area (Å²) >= 11 is 0. The number of rotatable bonds is 2. The number of carbonyl (C=O) groups excluding carboxylic acids is 1. The van der Waals surface area contributed by atoms with Crippen molar-refractivity contribution in [3.05, 3.63) is 29.6 Å². The molecular formula is C14H19FN4O. The quantitative estimate of drug-likeness (QED) is 0.847. The molecule has 6 heteroatoms. The van der Waals surface area contributed by atoms with Crippen molar-refractivity contribution in [1.29, 1.82) is 5.26 Å². The molecule has 0 spiro atoms. The Kier molecular flexibility index (Phi) is 5.94. The molecular weight excluding hydrogens is 259 g/mol. The van der Waals surface area contributed by atoms with Gasteiger partial charge in [-0.15, -0.1) is 0 Å². The first kappa shape index (κ1) is 15.9. The van der Waals surface area contributed by atoms with Crippen LogP contribution in [0.2, 0.25) is 0 Å². The second kappa shape index (κ2) is 7.46. The van der Waals surface area contributed by atoms with Gasteiger partial charge >= 0.3 is 0 Å². The maximum atomic E-state index is 12.9. The van der Waals surface area contributed by atoms with Crippen LogP contribution in [0.15, 0.2) is 18.2 Å². The topological polar surface area (TPSA) is 96.1 Å². The summed E-state index contributed by atoms with van der Waals surface area (Å²) in [5, 5.41) is 8.86. The number of halogens is 1. The SMILES string of the molecule is CC(N)C(N)=O.N#Cc1cc(F)ccc1N1CCCC1. The van der Waals surface area contributed by atoms with Crippen LogP contribution in [-0.4, -0.2) is 25.0 Å². The summed E-state index contributed by atoms with van der Waals surface area (Å²) in [6, 6.07) is 5.93. The number of anilines is 1. The van der Waals surface area contributed by atoms with E-state index in [2.05, 4.69) is 10.6 Å². The molecule has 1 aromatic rings. The molecule has 1 amide bonds. The van der Waals surface area contributed by atoms with Crippen LogP contribution in [-0.2, 0) is 4.79 Å². The van der Waals surface area contributed by atoms with Crippen LogP contribution in [0.4, 0.5) is 10.1 Å². The van der Waals surface area contributed by atoms with Crippen molar-refractivity contribution in [3.63, 3.8) is 0 Å². The predicted molar refractivity (Wildman–Crippen MR) is 75.4 cm³/mol. The van der Waals surface area contributed by atoms with Gasteiger partial charge in [-0.1, -0.05) is 0 Å². The van der Waals surface area contributed by atoms with E-state index < -0.39 is 11.9 Å². The van der Waals surface area contributed by atoms with E-state index in [-0.39, 0.29) is 5.82 Å². The third-order valence-corrected chi connectivity index (χ3v) is 2.97. The minimum absolute atomic E-state index is 0.343. The Labute approximate surface area is 118 Å². The Balaban J connectivity index is 0.000000286. The molecule has 0 saturated carbocycles. The van der Waals surface area contributed by atoms with E-state index in [9.17, 15) is 9.18 Å². The first-order chi connectivity index (χ1) is 9.45. The highest BCUT2D eigenvalue weighted by atomic mass is 19.1. The Morgan fingerprint density at radius 3 is 2.45 bits per heavy atom. The van der Waals surface area contributed by atoms with Gasteiger partial charge in [0.15, 0.2) is 0 Å². The van der Waals surface area contributed by atoms with Gasteiger partial charge in [0.05, 0.1) is 17.3 Å². The summed E-state index contributed by atoms with van der Waals surface area (Å²) in [5.41, 5.74) is 10.9. The van der Waals surface area contributed by atoms with Crippen LogP contribution in [0.3, 0.4) is 0 Å². The molecule has 2 rings (SSSR count). The zero-order valence-electron chi connectivity index (χ0n) is 11.5. The van der Waals surface area contributed by atoms with Gasteiger partial charge in [0, 0.05) is 13.1 Å². The molecule has 1 unspecified atom stereocenters. The lowest BCUT2D eigenvalue weighted by Crippen LogP contribution is -2.32. The van der Waals surface area contributed by atoms with Gasteiger partial charge in [-0.2, -0.15) is 5.26 Å². The Morgan fingerprint density at radius 2 is 2.00 bits per heavy atom. The molecule has 1 aliphatic heterocycles. The number of primary amides is 1. The second-order valence-electron chi connectivity index (χ2n) is 4.66. The zero-order chi connectivity index (χ0) is 15.1. The summed E-state index contributed by atoms with van der Waals surface area (Å²) in [4.78, 5) is 11.9. The molecule has 1 fully saturated rings. The van der Waals surface area contributed by atoms with Crippen molar-refractivity contribution in [2.75, 3.05) is 18.0 Å². The number of carbonyl (C=O) groups is 1. The van der Waals surface area contributed by atoms with Crippen LogP contribution >= 0.6 is 0 Å². The molecule has 0 bridgehead atoms. The molecule has 4 N–H and O–H groups in total. The molecule has 0 aliphatic carbocycles. The van der Waals surface area contributed by atoms with Crippen molar-refractivity contribution in [3.8, 4) is 6.07 Å². The lowest BCUT2D eigenvalue weighted by molar-refractivity contribution is -0.118. The molecule has 1 aliphatic rings. The summed E-state index contributed by atoms with van der Waals surface area (Å²) in [6.07, 6.45) is 2.31. The van der Waals surface area contributed by atoms with Crippen molar-refractivity contribution < 1.29 is 9.18 Å². The molecule has 1 saturated heterocycles. The molecule has 1 heterocycles. The standard InChI is InChI=1S/C11H11FN2.C3H8N2O/c12-10-3-4-11(9(7-10)8-13)14-5-1-2-6-14;1-2(4)3(5)6/h3-4,7H,1-2,5-6H2;2H,4H2,1H3,(H2,5,6). The summed E-state index contributed by atoms with van der Waals surface area (Å²) < 4.78 is 12.9. The number of hydrogen-bond acceptors (Lipinski definition) is 4. The lowest BCUT2D eigenvalue weighted by Gasteiger charge is -2.18. The molecule has 108 valence electrons. The molecule has 20 heavy (non-hydrogen) atoms. The minimum Gasteiger partial charge on any atom is -0.370 e. The summed E-state index contributed by atoms with van der Waals surface area (Å²) in [6.45, 7) is 3.49. The van der Waals surface area contributed by atoms with Gasteiger partial charge in [-0.3, -0.25) is 4.79 Å². The number of amides is 1. The summed E-state index contributed by atoms with van der Waals surface area (Å²) in [7, 11) is 0. The molecule has 5 nitrogen and oxygen atoms in total. The largest absolute Gasteiger partial charge is 0.370 e. The Bertz CT molecular complexity index is 504. The van der Waals surface area contributed by atoms with Crippen molar-refractivity contribution in [1.82, 2.24) is 0 Å². The number of nitrogens with zero attached hydrogens (tertiary/aromatic N) is 2. The first-order valence-corrected chi connectivity index (χ1v) is 6.45. The fourth-order valence-electron chi connectivity index (χ4n) is 1.83. The zero-order valence-corrected chi connectivity index (χ0v) is 11.5. The third kappa shape index (κ3) is 4.52. The van der Waals surface area contributed by atoms with Gasteiger partial charge < -0.3 is 16.4 Å². The van der Waals surface area contributed by atoms with E-state index in [4.69, 9.17) is 11.0 Å². The van der Waals surface area contributed by atoms with Gasteiger partial charge in [-0.05, 0) is 38.0 Å². The highest BCUT2D eigenvalue weighted by Crippen LogP contribution is 2.24. The smallest absolute Gasteiger partial charge is 0.234 e. The molecule has 0 radical (unpaired) electrons. The van der Waals surface area contributed by atoms with E-state index in [0.29, 0.717) is 5.56 Å². The second-order valence-corrected chi connectivity index (χ2v) is 4.66. The maximum Gasteiger partial charge on any atom is 0.234 e. The molecule has 1 aromatic carbocycles. The van der Waals surface area contributed by atoms with Crippen molar-refractivity contribution in [2.45, 2.75) is 25.8 Å². The number of hydrogen-bond donors (Lipinski definition) is 2. The van der Waals surface area contributed by atoms with Crippen molar-refractivity contribution >= 4 is 11.6 Å². The number of nitrogens with two attached hydrogens (primary N) is 2. The summed E-state index contributed by atoms with van der Waals surface area (Å²) in [5.74, 6) is -0.806. The average Bonchev–Trinajstić information content (AvgIpc) is 2.93. The van der Waals surface area contributed by atoms with E-state index in [1.54, 1.807) is 13.0 Å². The number of benzene rings is 1. The molecule has 1 atom stereocenters. The average molecular weight is 278 g/mol. The fourth-order valence-corrected chi connectivity index (χ4v) is 1.83. The third-order valence-electron chi connectivity index (χ3n) is 2.97. The Morgan fingerprint density at radius 1 is 1.45 bits per heavy atom. The Hall–Kier alpha value is -2.13. The van der Waals surface area contributed by atoms with E-state index >= 15 is 0 Å². The fraction of sp³-hybridized carbons (Fsp3) is 0.429. The number of nitriles is 1. The van der Waals surface area contributed by atoms with Gasteiger partial charge in [-0.25, -0.2) is 4.39 Å².